The smallest absolute Gasteiger partial charge is 0.238 e. The quantitative estimate of drug-likeness (QED) is 0.870. The summed E-state index contributed by atoms with van der Waals surface area (Å²) >= 11 is 0. The van der Waals surface area contributed by atoms with Crippen LogP contribution in [0.25, 0.3) is 0 Å². The first-order valence-corrected chi connectivity index (χ1v) is 7.73. The van der Waals surface area contributed by atoms with E-state index in [0.29, 0.717) is 13.1 Å². The minimum absolute atomic E-state index is 0.134. The summed E-state index contributed by atoms with van der Waals surface area (Å²) in [6.45, 7) is 3.28. The first-order chi connectivity index (χ1) is 9.47. The van der Waals surface area contributed by atoms with E-state index in [9.17, 15) is 8.42 Å². The molecule has 3 N–H and O–H groups in total. The fourth-order valence-electron chi connectivity index (χ4n) is 1.86. The number of primary sulfonamides is 1. The number of pyridine rings is 1. The normalized spacial score (nSPS) is 11.5. The molecule has 1 aromatic carbocycles. The van der Waals surface area contributed by atoms with Crippen molar-refractivity contribution >= 4 is 10.0 Å². The van der Waals surface area contributed by atoms with Crippen molar-refractivity contribution in [3.8, 4) is 0 Å². The Hall–Kier alpha value is -1.76. The predicted octanol–water partition coefficient (Wildman–Crippen LogP) is 1.33. The van der Waals surface area contributed by atoms with E-state index in [0.717, 1.165) is 11.1 Å². The molecule has 20 heavy (non-hydrogen) atoms. The van der Waals surface area contributed by atoms with Crippen LogP contribution in [0.2, 0.25) is 0 Å². The van der Waals surface area contributed by atoms with Crippen LogP contribution in [0, 0.1) is 6.92 Å². The minimum atomic E-state index is -3.65. The Kier molecular flexibility index (Phi) is 4.49. The van der Waals surface area contributed by atoms with E-state index in [4.69, 9.17) is 5.14 Å². The monoisotopic (exact) mass is 291 g/mol. The maximum absolute atomic E-state index is 11.3. The van der Waals surface area contributed by atoms with Crippen LogP contribution in [-0.4, -0.2) is 13.4 Å². The summed E-state index contributed by atoms with van der Waals surface area (Å²) in [6, 6.07) is 8.57. The molecule has 0 spiro atoms. The Morgan fingerprint density at radius 1 is 1.25 bits per heavy atom. The first kappa shape index (κ1) is 14.6. The summed E-state index contributed by atoms with van der Waals surface area (Å²) in [5.41, 5.74) is 3.17. The van der Waals surface area contributed by atoms with Crippen LogP contribution in [0.5, 0.6) is 0 Å². The van der Waals surface area contributed by atoms with Crippen LogP contribution in [0.4, 0.5) is 0 Å². The molecule has 0 aliphatic rings. The van der Waals surface area contributed by atoms with Crippen molar-refractivity contribution in [2.75, 3.05) is 0 Å². The summed E-state index contributed by atoms with van der Waals surface area (Å²) in [5, 5.41) is 8.37. The molecule has 1 heterocycles. The summed E-state index contributed by atoms with van der Waals surface area (Å²) in [6.07, 6.45) is 3.58. The number of sulfonamides is 1. The maximum Gasteiger partial charge on any atom is 0.238 e. The molecule has 6 heteroatoms. The second-order valence-corrected chi connectivity index (χ2v) is 6.16. The van der Waals surface area contributed by atoms with Gasteiger partial charge < -0.3 is 5.32 Å². The molecule has 0 aliphatic heterocycles. The summed E-state index contributed by atoms with van der Waals surface area (Å²) in [4.78, 5) is 4.22. The van der Waals surface area contributed by atoms with E-state index < -0.39 is 10.0 Å². The third kappa shape index (κ3) is 3.86. The molecule has 0 saturated carbocycles. The predicted molar refractivity (Wildman–Crippen MR) is 77.3 cm³/mol. The highest BCUT2D eigenvalue weighted by molar-refractivity contribution is 7.89. The SMILES string of the molecule is Cc1ccncc1CNCc1cccc(S(N)(=O)=O)c1. The molecule has 0 fully saturated rings. The standard InChI is InChI=1S/C14H17N3O2S/c1-11-5-6-16-9-13(11)10-17-8-12-3-2-4-14(7-12)20(15,18)19/h2-7,9,17H,8,10H2,1H3,(H2,15,18,19). The van der Waals surface area contributed by atoms with Gasteiger partial charge in [0.1, 0.15) is 0 Å². The Balaban J connectivity index is 2.00. The van der Waals surface area contributed by atoms with Crippen LogP contribution >= 0.6 is 0 Å². The van der Waals surface area contributed by atoms with Crippen LogP contribution in [0.3, 0.4) is 0 Å². The molecule has 5 nitrogen and oxygen atoms in total. The molecule has 1 aromatic heterocycles. The van der Waals surface area contributed by atoms with Crippen LogP contribution in [0.15, 0.2) is 47.6 Å². The number of nitrogens with two attached hydrogens (primary N) is 1. The highest BCUT2D eigenvalue weighted by Gasteiger charge is 2.07. The van der Waals surface area contributed by atoms with E-state index in [1.165, 1.54) is 11.6 Å². The average Bonchev–Trinajstić information content (AvgIpc) is 2.40. The molecule has 0 aliphatic carbocycles. The lowest BCUT2D eigenvalue weighted by molar-refractivity contribution is 0.597. The summed E-state index contributed by atoms with van der Waals surface area (Å²) < 4.78 is 22.5. The van der Waals surface area contributed by atoms with Gasteiger partial charge in [-0.05, 0) is 41.8 Å². The second kappa shape index (κ2) is 6.13. The Morgan fingerprint density at radius 3 is 2.75 bits per heavy atom. The van der Waals surface area contributed by atoms with E-state index >= 15 is 0 Å². The lowest BCUT2D eigenvalue weighted by Gasteiger charge is -2.08. The minimum Gasteiger partial charge on any atom is -0.309 e. The fourth-order valence-corrected chi connectivity index (χ4v) is 2.44. The highest BCUT2D eigenvalue weighted by Crippen LogP contribution is 2.10. The van der Waals surface area contributed by atoms with E-state index in [2.05, 4.69) is 10.3 Å². The van der Waals surface area contributed by atoms with Gasteiger partial charge in [0.15, 0.2) is 0 Å². The number of hydrogen-bond donors (Lipinski definition) is 2. The van der Waals surface area contributed by atoms with E-state index in [-0.39, 0.29) is 4.90 Å². The zero-order valence-corrected chi connectivity index (χ0v) is 12.0. The van der Waals surface area contributed by atoms with Crippen LogP contribution in [0.1, 0.15) is 16.7 Å². The van der Waals surface area contributed by atoms with Gasteiger partial charge in [0.25, 0.3) is 0 Å². The fraction of sp³-hybridized carbons (Fsp3) is 0.214. The zero-order valence-electron chi connectivity index (χ0n) is 11.2. The van der Waals surface area contributed by atoms with Crippen LogP contribution in [-0.2, 0) is 23.1 Å². The van der Waals surface area contributed by atoms with Crippen molar-refractivity contribution in [1.82, 2.24) is 10.3 Å². The summed E-state index contributed by atoms with van der Waals surface area (Å²) in [7, 11) is -3.65. The van der Waals surface area contributed by atoms with E-state index in [1.807, 2.05) is 25.3 Å². The molecule has 2 aromatic rings. The second-order valence-electron chi connectivity index (χ2n) is 4.60. The number of aryl methyl sites for hydroxylation is 1. The Labute approximate surface area is 118 Å². The van der Waals surface area contributed by atoms with Gasteiger partial charge in [-0.3, -0.25) is 4.98 Å². The molecule has 0 amide bonds. The molecule has 0 unspecified atom stereocenters. The van der Waals surface area contributed by atoms with Crippen molar-refractivity contribution in [1.29, 1.82) is 0 Å². The van der Waals surface area contributed by atoms with Crippen molar-refractivity contribution in [2.45, 2.75) is 24.9 Å². The van der Waals surface area contributed by atoms with Crippen molar-refractivity contribution in [2.24, 2.45) is 5.14 Å². The third-order valence-electron chi connectivity index (χ3n) is 3.02. The topological polar surface area (TPSA) is 85.1 Å². The lowest BCUT2D eigenvalue weighted by atomic mass is 10.1. The molecule has 106 valence electrons. The van der Waals surface area contributed by atoms with E-state index in [1.54, 1.807) is 18.3 Å². The summed E-state index contributed by atoms with van der Waals surface area (Å²) in [5.74, 6) is 0. The molecule has 0 saturated heterocycles. The third-order valence-corrected chi connectivity index (χ3v) is 3.93. The molecular weight excluding hydrogens is 274 g/mol. The van der Waals surface area contributed by atoms with Crippen molar-refractivity contribution in [3.05, 3.63) is 59.4 Å². The van der Waals surface area contributed by atoms with Gasteiger partial charge in [0.2, 0.25) is 10.0 Å². The van der Waals surface area contributed by atoms with Gasteiger partial charge in [-0.15, -0.1) is 0 Å². The van der Waals surface area contributed by atoms with Crippen LogP contribution < -0.4 is 10.5 Å². The number of rotatable bonds is 5. The molecule has 0 atom stereocenters. The molecular formula is C14H17N3O2S. The van der Waals surface area contributed by atoms with Gasteiger partial charge in [0, 0.05) is 25.5 Å². The zero-order chi connectivity index (χ0) is 14.6. The number of hydrogen-bond acceptors (Lipinski definition) is 4. The van der Waals surface area contributed by atoms with Gasteiger partial charge in [-0.1, -0.05) is 12.1 Å². The number of aromatic nitrogens is 1. The Morgan fingerprint density at radius 2 is 2.05 bits per heavy atom. The lowest BCUT2D eigenvalue weighted by Crippen LogP contribution is -2.15. The van der Waals surface area contributed by atoms with Gasteiger partial charge in [-0.2, -0.15) is 0 Å². The number of benzene rings is 1. The highest BCUT2D eigenvalue weighted by atomic mass is 32.2. The van der Waals surface area contributed by atoms with Gasteiger partial charge in [-0.25, -0.2) is 13.6 Å². The average molecular weight is 291 g/mol. The largest absolute Gasteiger partial charge is 0.309 e. The Bertz CT molecular complexity index is 699. The number of nitrogens with one attached hydrogen (secondary N) is 1. The number of nitrogens with zero attached hydrogens (tertiary/aromatic N) is 1. The molecule has 0 bridgehead atoms. The molecule has 0 radical (unpaired) electrons. The van der Waals surface area contributed by atoms with Gasteiger partial charge in [0.05, 0.1) is 4.90 Å². The van der Waals surface area contributed by atoms with Crippen molar-refractivity contribution < 1.29 is 8.42 Å². The first-order valence-electron chi connectivity index (χ1n) is 6.19. The molecule has 2 rings (SSSR count). The maximum atomic E-state index is 11.3. The van der Waals surface area contributed by atoms with Gasteiger partial charge >= 0.3 is 0 Å². The van der Waals surface area contributed by atoms with Crippen molar-refractivity contribution in [3.63, 3.8) is 0 Å².